The summed E-state index contributed by atoms with van der Waals surface area (Å²) in [4.78, 5) is 43.9. The minimum Gasteiger partial charge on any atom is -0.466 e. The molecule has 0 aliphatic carbocycles. The van der Waals surface area contributed by atoms with Crippen molar-refractivity contribution in [2.45, 2.75) is 81.5 Å². The van der Waals surface area contributed by atoms with Gasteiger partial charge in [0.1, 0.15) is 6.04 Å². The van der Waals surface area contributed by atoms with Gasteiger partial charge in [-0.15, -0.1) is 18.3 Å². The van der Waals surface area contributed by atoms with Gasteiger partial charge in [0, 0.05) is 17.8 Å². The highest BCUT2D eigenvalue weighted by Gasteiger charge is 2.74. The van der Waals surface area contributed by atoms with Crippen LogP contribution in [0.3, 0.4) is 0 Å². The quantitative estimate of drug-likeness (QED) is 0.404. The van der Waals surface area contributed by atoms with Crippen LogP contribution in [0.1, 0.15) is 53.4 Å². The van der Waals surface area contributed by atoms with E-state index in [0.717, 1.165) is 19.3 Å². The first-order valence-electron chi connectivity index (χ1n) is 11.5. The highest BCUT2D eigenvalue weighted by atomic mass is 32.2. The fourth-order valence-corrected chi connectivity index (χ4v) is 7.98. The van der Waals surface area contributed by atoms with E-state index in [-0.39, 0.29) is 42.3 Å². The van der Waals surface area contributed by atoms with Crippen LogP contribution in [0.25, 0.3) is 0 Å². The number of likely N-dealkylation sites (tertiary alicyclic amines) is 1. The van der Waals surface area contributed by atoms with Crippen LogP contribution in [-0.4, -0.2) is 80.6 Å². The number of ether oxygens (including phenoxy) is 1. The van der Waals surface area contributed by atoms with Gasteiger partial charge < -0.3 is 19.6 Å². The molecule has 0 aromatic heterocycles. The summed E-state index contributed by atoms with van der Waals surface area (Å²) in [6, 6.07) is -1.19. The first-order valence-corrected chi connectivity index (χ1v) is 12.4. The number of hydrogen-bond acceptors (Lipinski definition) is 6. The Bertz CT molecular complexity index is 731. The van der Waals surface area contributed by atoms with E-state index in [4.69, 9.17) is 4.74 Å². The maximum absolute atomic E-state index is 14.0. The van der Waals surface area contributed by atoms with Gasteiger partial charge in [-0.3, -0.25) is 14.4 Å². The molecule has 174 valence electrons. The first-order chi connectivity index (χ1) is 14.8. The van der Waals surface area contributed by atoms with Gasteiger partial charge in [0.15, 0.2) is 0 Å². The molecule has 8 heteroatoms. The fraction of sp³-hybridized carbons (Fsp3) is 0.783. The minimum atomic E-state index is -0.694. The Morgan fingerprint density at radius 1 is 1.42 bits per heavy atom. The second-order valence-electron chi connectivity index (χ2n) is 9.00. The summed E-state index contributed by atoms with van der Waals surface area (Å²) in [6.45, 7) is 11.9. The normalized spacial score (nSPS) is 33.2. The number of rotatable bonds is 10. The molecule has 31 heavy (non-hydrogen) atoms. The Morgan fingerprint density at radius 3 is 2.71 bits per heavy atom. The van der Waals surface area contributed by atoms with Gasteiger partial charge in [0.05, 0.1) is 35.8 Å². The molecule has 7 nitrogen and oxygen atoms in total. The van der Waals surface area contributed by atoms with Gasteiger partial charge in [-0.2, -0.15) is 0 Å². The number of aliphatic hydroxyl groups excluding tert-OH is 1. The average Bonchev–Trinajstić information content (AvgIpc) is 3.38. The molecule has 3 aliphatic heterocycles. The van der Waals surface area contributed by atoms with Crippen LogP contribution >= 0.6 is 11.8 Å². The molecule has 3 aliphatic rings. The smallest absolute Gasteiger partial charge is 0.310 e. The first kappa shape index (κ1) is 24.1. The Kier molecular flexibility index (Phi) is 7.41. The molecule has 3 unspecified atom stereocenters. The van der Waals surface area contributed by atoms with Crippen molar-refractivity contribution >= 4 is 29.5 Å². The van der Waals surface area contributed by atoms with E-state index >= 15 is 0 Å². The van der Waals surface area contributed by atoms with Crippen molar-refractivity contribution in [3.63, 3.8) is 0 Å². The lowest BCUT2D eigenvalue weighted by Crippen LogP contribution is -2.58. The number of amides is 2. The Balaban J connectivity index is 2.05. The summed E-state index contributed by atoms with van der Waals surface area (Å²) in [6.07, 6.45) is 5.01. The summed E-state index contributed by atoms with van der Waals surface area (Å²) >= 11 is 1.63. The number of esters is 1. The van der Waals surface area contributed by atoms with Gasteiger partial charge in [0.25, 0.3) is 0 Å². The summed E-state index contributed by atoms with van der Waals surface area (Å²) in [5, 5.41) is 9.90. The zero-order valence-electron chi connectivity index (χ0n) is 19.1. The fourth-order valence-electron chi connectivity index (χ4n) is 5.80. The van der Waals surface area contributed by atoms with Crippen molar-refractivity contribution in [1.29, 1.82) is 0 Å². The number of carbonyl (C=O) groups is 3. The van der Waals surface area contributed by atoms with Crippen molar-refractivity contribution in [2.75, 3.05) is 19.8 Å². The lowest BCUT2D eigenvalue weighted by Gasteiger charge is -2.40. The van der Waals surface area contributed by atoms with Crippen LogP contribution in [0.15, 0.2) is 12.7 Å². The second kappa shape index (κ2) is 9.53. The van der Waals surface area contributed by atoms with Gasteiger partial charge in [-0.25, -0.2) is 0 Å². The number of nitrogens with zero attached hydrogens (tertiary/aromatic N) is 2. The monoisotopic (exact) mass is 452 g/mol. The molecule has 7 atom stereocenters. The summed E-state index contributed by atoms with van der Waals surface area (Å²) < 4.78 is 4.68. The Hall–Kier alpha value is -1.54. The molecule has 1 spiro atoms. The molecule has 1 N–H and O–H groups in total. The van der Waals surface area contributed by atoms with Gasteiger partial charge in [-0.1, -0.05) is 19.4 Å². The maximum Gasteiger partial charge on any atom is 0.310 e. The third-order valence-corrected chi connectivity index (χ3v) is 9.07. The average molecular weight is 453 g/mol. The molecule has 2 bridgehead atoms. The Morgan fingerprint density at radius 2 is 2.13 bits per heavy atom. The molecular formula is C23H36N2O5S. The number of hydrogen-bond donors (Lipinski definition) is 1. The summed E-state index contributed by atoms with van der Waals surface area (Å²) in [7, 11) is 0. The van der Waals surface area contributed by atoms with Gasteiger partial charge in [0.2, 0.25) is 11.8 Å². The van der Waals surface area contributed by atoms with E-state index in [1.165, 1.54) is 0 Å². The highest BCUT2D eigenvalue weighted by Crippen LogP contribution is 2.66. The standard InChI is InChI=1S/C23H36N2O5S/c1-6-9-14(4)24(12-7-2)21(28)19-23-11-10-16(31-23)17(22(29)30-8-3)18(23)20(27)25(19)15(5)13-26/h7,14-19,26H,2,6,8-13H2,1,3-5H3/t14?,15-,16+,17-,18+,19?,23?/m1/s1. The Labute approximate surface area is 189 Å². The van der Waals surface area contributed by atoms with Gasteiger partial charge >= 0.3 is 5.97 Å². The van der Waals surface area contributed by atoms with Crippen molar-refractivity contribution < 1.29 is 24.2 Å². The molecule has 3 fully saturated rings. The maximum atomic E-state index is 14.0. The zero-order chi connectivity index (χ0) is 22.9. The van der Waals surface area contributed by atoms with E-state index in [9.17, 15) is 19.5 Å². The molecule has 0 radical (unpaired) electrons. The molecule has 0 aromatic carbocycles. The number of fused-ring (bicyclic) bond motifs is 1. The predicted octanol–water partition coefficient (Wildman–Crippen LogP) is 2.22. The number of thioether (sulfide) groups is 1. The second-order valence-corrected chi connectivity index (χ2v) is 10.6. The van der Waals surface area contributed by atoms with Gasteiger partial charge in [-0.05, 0) is 40.0 Å². The third kappa shape index (κ3) is 3.80. The molecule has 3 rings (SSSR count). The number of carbonyl (C=O) groups excluding carboxylic acids is 3. The predicted molar refractivity (Wildman–Crippen MR) is 120 cm³/mol. The molecule has 0 aromatic rings. The van der Waals surface area contributed by atoms with Crippen molar-refractivity contribution in [3.8, 4) is 0 Å². The van der Waals surface area contributed by atoms with E-state index in [1.54, 1.807) is 36.6 Å². The number of aliphatic hydroxyl groups is 1. The van der Waals surface area contributed by atoms with E-state index < -0.39 is 28.7 Å². The molecule has 3 heterocycles. The molecule has 2 amide bonds. The topological polar surface area (TPSA) is 87.2 Å². The van der Waals surface area contributed by atoms with Crippen LogP contribution < -0.4 is 0 Å². The molecule has 0 saturated carbocycles. The minimum absolute atomic E-state index is 0.00389. The van der Waals surface area contributed by atoms with Crippen LogP contribution in [0.2, 0.25) is 0 Å². The van der Waals surface area contributed by atoms with E-state index in [1.807, 2.05) is 11.8 Å². The highest BCUT2D eigenvalue weighted by molar-refractivity contribution is 8.02. The lowest BCUT2D eigenvalue weighted by atomic mass is 9.71. The summed E-state index contributed by atoms with van der Waals surface area (Å²) in [5.74, 6) is -1.75. The van der Waals surface area contributed by atoms with Crippen molar-refractivity contribution in [1.82, 2.24) is 9.80 Å². The summed E-state index contributed by atoms with van der Waals surface area (Å²) in [5.41, 5.74) is 0. The van der Waals surface area contributed by atoms with Crippen LogP contribution in [0.4, 0.5) is 0 Å². The SMILES string of the molecule is C=CCN(C(=O)C1N([C@H](C)CO)C(=O)[C@@H]2[C@H](C(=O)OCC)[C@@H]3CCC12S3)C(C)CCC. The van der Waals surface area contributed by atoms with E-state index in [2.05, 4.69) is 13.5 Å². The molecular weight excluding hydrogens is 416 g/mol. The van der Waals surface area contributed by atoms with Crippen molar-refractivity contribution in [2.24, 2.45) is 11.8 Å². The van der Waals surface area contributed by atoms with Crippen LogP contribution in [0, 0.1) is 11.8 Å². The zero-order valence-corrected chi connectivity index (χ0v) is 19.9. The lowest BCUT2D eigenvalue weighted by molar-refractivity contribution is -0.154. The largest absolute Gasteiger partial charge is 0.466 e. The molecule has 3 saturated heterocycles. The van der Waals surface area contributed by atoms with Crippen molar-refractivity contribution in [3.05, 3.63) is 12.7 Å². The third-order valence-electron chi connectivity index (χ3n) is 7.12. The van der Waals surface area contributed by atoms with E-state index in [0.29, 0.717) is 13.0 Å². The van der Waals surface area contributed by atoms with Crippen LogP contribution in [-0.2, 0) is 19.1 Å². The van der Waals surface area contributed by atoms with Crippen LogP contribution in [0.5, 0.6) is 0 Å².